The van der Waals surface area contributed by atoms with Crippen molar-refractivity contribution in [2.24, 2.45) is 0 Å². The lowest BCUT2D eigenvalue weighted by atomic mass is 10.1. The average molecular weight is 400 g/mol. The maximum absolute atomic E-state index is 13.3. The second-order valence-corrected chi connectivity index (χ2v) is 6.99. The molecule has 0 fully saturated rings. The van der Waals surface area contributed by atoms with Crippen LogP contribution in [0.1, 0.15) is 39.2 Å². The molecule has 0 aliphatic carbocycles. The summed E-state index contributed by atoms with van der Waals surface area (Å²) in [4.78, 5) is 27.3. The fourth-order valence-electron chi connectivity index (χ4n) is 2.89. The molecule has 2 atom stereocenters. The highest BCUT2D eigenvalue weighted by molar-refractivity contribution is 5.88. The number of amides is 2. The van der Waals surface area contributed by atoms with Crippen LogP contribution in [-0.4, -0.2) is 35.4 Å². The van der Waals surface area contributed by atoms with Crippen LogP contribution in [0.4, 0.5) is 4.39 Å². The van der Waals surface area contributed by atoms with Gasteiger partial charge in [-0.3, -0.25) is 9.59 Å². The summed E-state index contributed by atoms with van der Waals surface area (Å²) in [6.07, 6.45) is 1.26. The van der Waals surface area contributed by atoms with Crippen molar-refractivity contribution >= 4 is 11.8 Å². The van der Waals surface area contributed by atoms with Crippen molar-refractivity contribution in [1.29, 1.82) is 0 Å². The zero-order valence-corrected chi connectivity index (χ0v) is 17.2. The first-order valence-electron chi connectivity index (χ1n) is 9.96. The normalized spacial score (nSPS) is 12.7. The second kappa shape index (κ2) is 11.2. The molecule has 0 spiro atoms. The number of para-hydroxylation sites is 1. The van der Waals surface area contributed by atoms with Crippen LogP contribution in [0.25, 0.3) is 0 Å². The van der Waals surface area contributed by atoms with Gasteiger partial charge in [-0.05, 0) is 49.6 Å². The van der Waals surface area contributed by atoms with Crippen LogP contribution in [0.5, 0.6) is 5.75 Å². The predicted molar refractivity (Wildman–Crippen MR) is 111 cm³/mol. The molecule has 0 aromatic heterocycles. The maximum Gasteiger partial charge on any atom is 0.261 e. The van der Waals surface area contributed by atoms with Gasteiger partial charge in [-0.25, -0.2) is 4.39 Å². The summed E-state index contributed by atoms with van der Waals surface area (Å²) in [7, 11) is 0. The van der Waals surface area contributed by atoms with Crippen molar-refractivity contribution in [1.82, 2.24) is 10.2 Å². The van der Waals surface area contributed by atoms with Crippen LogP contribution >= 0.6 is 0 Å². The molecule has 0 heterocycles. The summed E-state index contributed by atoms with van der Waals surface area (Å²) in [5, 5.41) is 2.95. The molecular formula is C23H29FN2O3. The Morgan fingerprint density at radius 3 is 2.28 bits per heavy atom. The van der Waals surface area contributed by atoms with Gasteiger partial charge in [0, 0.05) is 12.6 Å². The van der Waals surface area contributed by atoms with E-state index in [4.69, 9.17) is 4.74 Å². The minimum Gasteiger partial charge on any atom is -0.484 e. The quantitative estimate of drug-likeness (QED) is 0.657. The molecule has 0 radical (unpaired) electrons. The van der Waals surface area contributed by atoms with Crippen molar-refractivity contribution in [3.05, 3.63) is 66.0 Å². The number of halogens is 1. The van der Waals surface area contributed by atoms with Gasteiger partial charge < -0.3 is 15.0 Å². The van der Waals surface area contributed by atoms with Crippen molar-refractivity contribution in [2.45, 2.75) is 52.2 Å². The zero-order valence-electron chi connectivity index (χ0n) is 17.2. The summed E-state index contributed by atoms with van der Waals surface area (Å²) < 4.78 is 18.9. The molecule has 0 saturated carbocycles. The molecule has 2 aromatic rings. The van der Waals surface area contributed by atoms with E-state index in [9.17, 15) is 14.0 Å². The Hall–Kier alpha value is -2.89. The lowest BCUT2D eigenvalue weighted by Crippen LogP contribution is -2.51. The van der Waals surface area contributed by atoms with E-state index in [0.29, 0.717) is 12.2 Å². The van der Waals surface area contributed by atoms with E-state index in [1.54, 1.807) is 24.3 Å². The standard InChI is InChI=1S/C23H29FN2O3/c1-4-17(3)25-23(28)21(5-2)26(15-18-11-13-19(24)14-12-18)22(27)16-29-20-9-7-6-8-10-20/h6-14,17,21H,4-5,15-16H2,1-3H3,(H,25,28)/t17-,21-/m0/s1. The molecule has 2 amide bonds. The summed E-state index contributed by atoms with van der Waals surface area (Å²) in [6, 6.07) is 14.4. The SMILES string of the molecule is CC[C@H](C)NC(=O)[C@H](CC)N(Cc1ccc(F)cc1)C(=O)COc1ccccc1. The minimum absolute atomic E-state index is 0.0138. The first kappa shape index (κ1) is 22.4. The van der Waals surface area contributed by atoms with E-state index >= 15 is 0 Å². The molecule has 6 heteroatoms. The van der Waals surface area contributed by atoms with Gasteiger partial charge in [-0.2, -0.15) is 0 Å². The molecule has 0 bridgehead atoms. The van der Waals surface area contributed by atoms with Gasteiger partial charge in [0.15, 0.2) is 6.61 Å². The Labute approximate surface area is 171 Å². The first-order valence-corrected chi connectivity index (χ1v) is 9.96. The van der Waals surface area contributed by atoms with E-state index in [-0.39, 0.29) is 36.8 Å². The van der Waals surface area contributed by atoms with E-state index < -0.39 is 6.04 Å². The summed E-state index contributed by atoms with van der Waals surface area (Å²) in [5.74, 6) is -0.262. The monoisotopic (exact) mass is 400 g/mol. The van der Waals surface area contributed by atoms with Crippen LogP contribution in [0.15, 0.2) is 54.6 Å². The highest BCUT2D eigenvalue weighted by atomic mass is 19.1. The zero-order chi connectivity index (χ0) is 21.2. The maximum atomic E-state index is 13.3. The van der Waals surface area contributed by atoms with Crippen LogP contribution in [0.2, 0.25) is 0 Å². The Kier molecular flexibility index (Phi) is 8.65. The number of carbonyl (C=O) groups excluding carboxylic acids is 2. The molecule has 2 rings (SSSR count). The largest absolute Gasteiger partial charge is 0.484 e. The van der Waals surface area contributed by atoms with Crippen LogP contribution in [0.3, 0.4) is 0 Å². The summed E-state index contributed by atoms with van der Waals surface area (Å²) in [6.45, 7) is 5.79. The number of benzene rings is 2. The number of rotatable bonds is 10. The smallest absolute Gasteiger partial charge is 0.261 e. The van der Waals surface area contributed by atoms with Crippen LogP contribution < -0.4 is 10.1 Å². The molecule has 2 aromatic carbocycles. The third kappa shape index (κ3) is 6.89. The van der Waals surface area contributed by atoms with Gasteiger partial charge in [0.25, 0.3) is 5.91 Å². The van der Waals surface area contributed by atoms with Crippen molar-refractivity contribution in [3.8, 4) is 5.75 Å². The van der Waals surface area contributed by atoms with Gasteiger partial charge in [0.05, 0.1) is 0 Å². The molecule has 5 nitrogen and oxygen atoms in total. The van der Waals surface area contributed by atoms with E-state index in [1.807, 2.05) is 39.0 Å². The van der Waals surface area contributed by atoms with E-state index in [2.05, 4.69) is 5.32 Å². The Bertz CT molecular complexity index is 780. The molecule has 0 unspecified atom stereocenters. The number of carbonyl (C=O) groups is 2. The fraction of sp³-hybridized carbons (Fsp3) is 0.391. The Morgan fingerprint density at radius 2 is 1.69 bits per heavy atom. The number of ether oxygens (including phenoxy) is 1. The number of hydrogen-bond donors (Lipinski definition) is 1. The predicted octanol–water partition coefficient (Wildman–Crippen LogP) is 3.93. The Morgan fingerprint density at radius 1 is 1.03 bits per heavy atom. The molecule has 1 N–H and O–H groups in total. The van der Waals surface area contributed by atoms with Gasteiger partial charge >= 0.3 is 0 Å². The van der Waals surface area contributed by atoms with Gasteiger partial charge in [-0.1, -0.05) is 44.2 Å². The highest BCUT2D eigenvalue weighted by Crippen LogP contribution is 2.15. The van der Waals surface area contributed by atoms with Crippen LogP contribution in [-0.2, 0) is 16.1 Å². The number of nitrogens with one attached hydrogen (secondary N) is 1. The third-order valence-corrected chi connectivity index (χ3v) is 4.76. The van der Waals surface area contributed by atoms with Crippen molar-refractivity contribution in [3.63, 3.8) is 0 Å². The van der Waals surface area contributed by atoms with Gasteiger partial charge in [0.1, 0.15) is 17.6 Å². The first-order chi connectivity index (χ1) is 13.9. The summed E-state index contributed by atoms with van der Waals surface area (Å²) >= 11 is 0. The molecule has 156 valence electrons. The summed E-state index contributed by atoms with van der Waals surface area (Å²) in [5.41, 5.74) is 0.745. The molecule has 0 saturated heterocycles. The lowest BCUT2D eigenvalue weighted by molar-refractivity contribution is -0.143. The minimum atomic E-state index is -0.638. The van der Waals surface area contributed by atoms with Crippen molar-refractivity contribution in [2.75, 3.05) is 6.61 Å². The molecular weight excluding hydrogens is 371 g/mol. The molecule has 0 aliphatic heterocycles. The highest BCUT2D eigenvalue weighted by Gasteiger charge is 2.29. The molecule has 29 heavy (non-hydrogen) atoms. The average Bonchev–Trinajstić information content (AvgIpc) is 2.73. The van der Waals surface area contributed by atoms with E-state index in [1.165, 1.54) is 17.0 Å². The lowest BCUT2D eigenvalue weighted by Gasteiger charge is -2.31. The second-order valence-electron chi connectivity index (χ2n) is 6.99. The third-order valence-electron chi connectivity index (χ3n) is 4.76. The van der Waals surface area contributed by atoms with Gasteiger partial charge in [0.2, 0.25) is 5.91 Å². The van der Waals surface area contributed by atoms with Crippen molar-refractivity contribution < 1.29 is 18.7 Å². The number of nitrogens with zero attached hydrogens (tertiary/aromatic N) is 1. The number of hydrogen-bond acceptors (Lipinski definition) is 3. The topological polar surface area (TPSA) is 58.6 Å². The molecule has 0 aliphatic rings. The van der Waals surface area contributed by atoms with Crippen LogP contribution in [0, 0.1) is 5.82 Å². The van der Waals surface area contributed by atoms with Gasteiger partial charge in [-0.15, -0.1) is 0 Å². The Balaban J connectivity index is 2.19. The van der Waals surface area contributed by atoms with E-state index in [0.717, 1.165) is 12.0 Å². The fourth-order valence-corrected chi connectivity index (χ4v) is 2.89.